The summed E-state index contributed by atoms with van der Waals surface area (Å²) in [5.74, 6) is 0.179. The van der Waals surface area contributed by atoms with Crippen molar-refractivity contribution >= 4 is 27.2 Å². The molecule has 8 heteroatoms. The van der Waals surface area contributed by atoms with E-state index in [4.69, 9.17) is 22.7 Å². The summed E-state index contributed by atoms with van der Waals surface area (Å²) in [6.45, 7) is 0.907. The highest BCUT2D eigenvalue weighted by Crippen LogP contribution is 2.31. The Morgan fingerprint density at radius 1 is 1.11 bits per heavy atom. The van der Waals surface area contributed by atoms with Gasteiger partial charge in [0.15, 0.2) is 14.9 Å². The summed E-state index contributed by atoms with van der Waals surface area (Å²) < 4.78 is 23.5. The van der Waals surface area contributed by atoms with Gasteiger partial charge in [0.1, 0.15) is 0 Å². The van der Waals surface area contributed by atoms with E-state index in [1.54, 1.807) is 0 Å². The lowest BCUT2D eigenvalue weighted by Crippen LogP contribution is -2.38. The van der Waals surface area contributed by atoms with Gasteiger partial charge >= 0.3 is 0 Å². The van der Waals surface area contributed by atoms with E-state index in [1.165, 1.54) is 0 Å². The Hall–Kier alpha value is -1.38. The van der Waals surface area contributed by atoms with E-state index in [0.717, 1.165) is 0 Å². The van der Waals surface area contributed by atoms with Crippen molar-refractivity contribution in [3.8, 4) is 12.1 Å². The molecule has 2 aliphatic heterocycles. The molecular weight excluding hydrogens is 284 g/mol. The van der Waals surface area contributed by atoms with E-state index in [-0.39, 0.29) is 23.6 Å². The molecule has 0 aromatic heterocycles. The summed E-state index contributed by atoms with van der Waals surface area (Å²) in [4.78, 5) is 3.68. The quantitative estimate of drug-likeness (QED) is 0.669. The van der Waals surface area contributed by atoms with Gasteiger partial charge in [-0.2, -0.15) is 10.5 Å². The fraction of sp³-hybridized carbons (Fsp3) is 0.727. The topological polar surface area (TPSA) is 88.2 Å². The first-order chi connectivity index (χ1) is 9.00. The van der Waals surface area contributed by atoms with Crippen LogP contribution < -0.4 is 0 Å². The number of nitrogens with zero attached hydrogens (tertiary/aromatic N) is 4. The minimum absolute atomic E-state index is 0.0896. The minimum Gasteiger partial charge on any atom is -0.342 e. The van der Waals surface area contributed by atoms with Crippen LogP contribution in [0, 0.1) is 22.7 Å². The van der Waals surface area contributed by atoms with E-state index in [2.05, 4.69) is 12.1 Å². The molecule has 0 aromatic carbocycles. The van der Waals surface area contributed by atoms with E-state index >= 15 is 0 Å². The molecule has 2 rings (SSSR count). The van der Waals surface area contributed by atoms with Crippen molar-refractivity contribution in [1.82, 2.24) is 9.80 Å². The first kappa shape index (κ1) is 14.0. The van der Waals surface area contributed by atoms with Gasteiger partial charge in [0.05, 0.1) is 48.6 Å². The van der Waals surface area contributed by atoms with Gasteiger partial charge in [0.25, 0.3) is 0 Å². The van der Waals surface area contributed by atoms with Crippen molar-refractivity contribution in [1.29, 1.82) is 10.5 Å². The molecule has 2 saturated heterocycles. The van der Waals surface area contributed by atoms with Crippen LogP contribution in [0.1, 0.15) is 12.8 Å². The van der Waals surface area contributed by atoms with Gasteiger partial charge in [-0.15, -0.1) is 0 Å². The molecule has 19 heavy (non-hydrogen) atoms. The molecular formula is C11H14N4O2S2. The largest absolute Gasteiger partial charge is 0.342 e. The monoisotopic (exact) mass is 298 g/mol. The summed E-state index contributed by atoms with van der Waals surface area (Å²) in [7, 11) is -3.05. The lowest BCUT2D eigenvalue weighted by molar-refractivity contribution is 0.318. The lowest BCUT2D eigenvalue weighted by Gasteiger charge is -2.24. The van der Waals surface area contributed by atoms with Crippen molar-refractivity contribution in [2.75, 3.05) is 24.6 Å². The fourth-order valence-corrected chi connectivity index (χ4v) is 5.15. The van der Waals surface area contributed by atoms with Gasteiger partial charge in [0.2, 0.25) is 0 Å². The average Bonchev–Trinajstić information content (AvgIpc) is 2.76. The molecule has 0 saturated carbocycles. The Morgan fingerprint density at radius 3 is 1.89 bits per heavy atom. The molecule has 0 spiro atoms. The third-order valence-electron chi connectivity index (χ3n) is 3.51. The third-order valence-corrected chi connectivity index (χ3v) is 5.68. The summed E-state index contributed by atoms with van der Waals surface area (Å²) in [5.41, 5.74) is 0. The summed E-state index contributed by atoms with van der Waals surface area (Å²) in [5, 5.41) is 17.9. The summed E-state index contributed by atoms with van der Waals surface area (Å²) in [6, 6.07) is 3.78. The van der Waals surface area contributed by atoms with Gasteiger partial charge in [-0.1, -0.05) is 0 Å². The Labute approximate surface area is 118 Å². The maximum absolute atomic E-state index is 11.8. The molecule has 0 aliphatic carbocycles. The summed E-state index contributed by atoms with van der Waals surface area (Å²) >= 11 is 5.36. The Bertz CT molecular complexity index is 518. The zero-order valence-electron chi connectivity index (χ0n) is 10.3. The van der Waals surface area contributed by atoms with E-state index < -0.39 is 9.84 Å². The van der Waals surface area contributed by atoms with Gasteiger partial charge < -0.3 is 9.80 Å². The molecule has 6 nitrogen and oxygen atoms in total. The number of rotatable bonds is 4. The Morgan fingerprint density at radius 2 is 1.53 bits per heavy atom. The molecule has 0 radical (unpaired) electrons. The fourth-order valence-electron chi connectivity index (χ4n) is 2.72. The van der Waals surface area contributed by atoms with Crippen molar-refractivity contribution < 1.29 is 8.42 Å². The third kappa shape index (κ3) is 2.65. The molecule has 0 aromatic rings. The van der Waals surface area contributed by atoms with Crippen LogP contribution in [-0.4, -0.2) is 60.0 Å². The lowest BCUT2D eigenvalue weighted by atomic mass is 10.1. The van der Waals surface area contributed by atoms with Crippen molar-refractivity contribution in [3.05, 3.63) is 0 Å². The number of hydrogen-bond acceptors (Lipinski definition) is 5. The van der Waals surface area contributed by atoms with Crippen molar-refractivity contribution in [2.24, 2.45) is 0 Å². The molecule has 102 valence electrons. The highest BCUT2D eigenvalue weighted by atomic mass is 32.2. The zero-order valence-corrected chi connectivity index (χ0v) is 12.0. The first-order valence-corrected chi connectivity index (χ1v) is 8.24. The van der Waals surface area contributed by atoms with Crippen LogP contribution in [-0.2, 0) is 9.84 Å². The highest BCUT2D eigenvalue weighted by Gasteiger charge is 2.50. The number of fused-ring (bicyclic) bond motifs is 1. The molecule has 0 bridgehead atoms. The zero-order chi connectivity index (χ0) is 14.0. The van der Waals surface area contributed by atoms with Crippen LogP contribution in [0.2, 0.25) is 0 Å². The molecule has 0 N–H and O–H groups in total. The summed E-state index contributed by atoms with van der Waals surface area (Å²) in [6.07, 6.45) is 0.630. The Kier molecular flexibility index (Phi) is 3.93. The smallest absolute Gasteiger partial charge is 0.172 e. The molecule has 2 atom stereocenters. The average molecular weight is 298 g/mol. The predicted octanol–water partition coefficient (Wildman–Crippen LogP) is -0.118. The maximum atomic E-state index is 11.8. The standard InChI is InChI=1S/C11H14N4O2S2/c12-3-1-5-14-9-7-19(16,17)8-10(9)15(11(14)18)6-2-4-13/h9-10H,1-2,5-8H2/t9-,10-/m1/s1. The highest BCUT2D eigenvalue weighted by molar-refractivity contribution is 7.91. The molecule has 2 heterocycles. The normalized spacial score (nSPS) is 28.0. The number of thiocarbonyl (C=S) groups is 1. The van der Waals surface area contributed by atoms with Crippen LogP contribution in [0.25, 0.3) is 0 Å². The Balaban J connectivity index is 2.21. The number of nitriles is 2. The van der Waals surface area contributed by atoms with Crippen molar-refractivity contribution in [2.45, 2.75) is 24.9 Å². The molecule has 2 aliphatic rings. The van der Waals surface area contributed by atoms with Crippen LogP contribution in [0.4, 0.5) is 0 Å². The SMILES string of the molecule is N#CCCN1C(=S)N(CCC#N)[C@@H]2CS(=O)(=O)C[C@H]21. The van der Waals surface area contributed by atoms with Gasteiger partial charge in [-0.05, 0) is 12.2 Å². The molecule has 2 fully saturated rings. The van der Waals surface area contributed by atoms with E-state index in [0.29, 0.717) is 31.0 Å². The number of sulfone groups is 1. The van der Waals surface area contributed by atoms with Crippen LogP contribution in [0.3, 0.4) is 0 Å². The van der Waals surface area contributed by atoms with Crippen LogP contribution >= 0.6 is 12.2 Å². The van der Waals surface area contributed by atoms with Gasteiger partial charge in [-0.25, -0.2) is 8.42 Å². The van der Waals surface area contributed by atoms with Crippen LogP contribution in [0.5, 0.6) is 0 Å². The molecule has 0 amide bonds. The van der Waals surface area contributed by atoms with E-state index in [9.17, 15) is 8.42 Å². The van der Waals surface area contributed by atoms with Gasteiger partial charge in [-0.3, -0.25) is 0 Å². The molecule has 0 unspecified atom stereocenters. The number of hydrogen-bond donors (Lipinski definition) is 0. The second-order valence-electron chi connectivity index (χ2n) is 4.70. The second-order valence-corrected chi connectivity index (χ2v) is 7.22. The second kappa shape index (κ2) is 5.32. The van der Waals surface area contributed by atoms with E-state index in [1.807, 2.05) is 9.80 Å². The van der Waals surface area contributed by atoms with Crippen LogP contribution in [0.15, 0.2) is 0 Å². The van der Waals surface area contributed by atoms with Crippen molar-refractivity contribution in [3.63, 3.8) is 0 Å². The minimum atomic E-state index is -3.05. The predicted molar refractivity (Wildman–Crippen MR) is 72.7 cm³/mol. The first-order valence-electron chi connectivity index (χ1n) is 6.02. The maximum Gasteiger partial charge on any atom is 0.172 e. The van der Waals surface area contributed by atoms with Gasteiger partial charge in [0, 0.05) is 13.1 Å².